The van der Waals surface area contributed by atoms with Crippen molar-refractivity contribution in [3.8, 4) is 11.5 Å². The van der Waals surface area contributed by atoms with Crippen LogP contribution in [0, 0.1) is 0 Å². The van der Waals surface area contributed by atoms with Gasteiger partial charge in [0.2, 0.25) is 0 Å². The summed E-state index contributed by atoms with van der Waals surface area (Å²) in [6.07, 6.45) is 5.06. The fraction of sp³-hybridized carbons (Fsp3) is 0.684. The van der Waals surface area contributed by atoms with Crippen molar-refractivity contribution in [2.45, 2.75) is 45.6 Å². The van der Waals surface area contributed by atoms with Gasteiger partial charge in [-0.25, -0.2) is 0 Å². The number of ether oxygens (including phenoxy) is 2. The van der Waals surface area contributed by atoms with E-state index in [-0.39, 0.29) is 24.8 Å². The van der Waals surface area contributed by atoms with Gasteiger partial charge in [-0.1, -0.05) is 32.3 Å². The Hall–Kier alpha value is -0.680. The quantitative estimate of drug-likeness (QED) is 0.628. The fourth-order valence-electron chi connectivity index (χ4n) is 3.31. The molecule has 2 rings (SSSR count). The van der Waals surface area contributed by atoms with Crippen LogP contribution in [0.1, 0.15) is 51.1 Å². The summed E-state index contributed by atoms with van der Waals surface area (Å²) in [6, 6.07) is 6.92. The summed E-state index contributed by atoms with van der Waals surface area (Å²) in [5.41, 5.74) is 1.35. The van der Waals surface area contributed by atoms with Crippen LogP contribution in [-0.4, -0.2) is 44.8 Å². The first-order valence-corrected chi connectivity index (χ1v) is 9.05. The van der Waals surface area contributed by atoms with Crippen LogP contribution < -0.4 is 14.8 Å². The standard InChI is InChI=1S/C19H32N2O2.2ClH/c1-4-6-7-8-17(21-13-11-20-12-14-21)16-9-10-18(22-3)19(15-16)23-5-2;;/h9-10,15,17,20H,4-8,11-14H2,1-3H3;2*1H/t17-;;/m1../s1. The van der Waals surface area contributed by atoms with E-state index < -0.39 is 0 Å². The molecule has 1 saturated heterocycles. The molecule has 0 aromatic heterocycles. The maximum atomic E-state index is 5.78. The van der Waals surface area contributed by atoms with Gasteiger partial charge < -0.3 is 14.8 Å². The first-order chi connectivity index (χ1) is 11.3. The molecule has 25 heavy (non-hydrogen) atoms. The van der Waals surface area contributed by atoms with Crippen molar-refractivity contribution in [2.75, 3.05) is 39.9 Å². The van der Waals surface area contributed by atoms with E-state index in [1.54, 1.807) is 7.11 Å². The third kappa shape index (κ3) is 7.22. The maximum absolute atomic E-state index is 5.78. The van der Waals surface area contributed by atoms with Crippen LogP contribution in [0.3, 0.4) is 0 Å². The minimum atomic E-state index is 0. The fourth-order valence-corrected chi connectivity index (χ4v) is 3.31. The maximum Gasteiger partial charge on any atom is 0.161 e. The second-order valence-corrected chi connectivity index (χ2v) is 6.14. The van der Waals surface area contributed by atoms with Gasteiger partial charge in [0.15, 0.2) is 11.5 Å². The van der Waals surface area contributed by atoms with Gasteiger partial charge in [-0.05, 0) is 31.0 Å². The van der Waals surface area contributed by atoms with Crippen molar-refractivity contribution in [3.05, 3.63) is 23.8 Å². The SMILES string of the molecule is CCCCC[C@H](c1ccc(OC)c(OCC)c1)N1CCNCC1.Cl.Cl. The molecule has 6 heteroatoms. The van der Waals surface area contributed by atoms with Crippen molar-refractivity contribution in [3.63, 3.8) is 0 Å². The molecule has 0 spiro atoms. The van der Waals surface area contributed by atoms with Gasteiger partial charge in [0.1, 0.15) is 0 Å². The predicted octanol–water partition coefficient (Wildman–Crippen LogP) is 4.46. The van der Waals surface area contributed by atoms with Gasteiger partial charge in [0.05, 0.1) is 13.7 Å². The number of nitrogens with zero attached hydrogens (tertiary/aromatic N) is 1. The summed E-state index contributed by atoms with van der Waals surface area (Å²) in [5, 5.41) is 3.45. The Morgan fingerprint density at radius 3 is 2.40 bits per heavy atom. The molecule has 4 nitrogen and oxygen atoms in total. The summed E-state index contributed by atoms with van der Waals surface area (Å²) < 4.78 is 11.2. The Labute approximate surface area is 165 Å². The highest BCUT2D eigenvalue weighted by molar-refractivity contribution is 5.85. The molecule has 0 radical (unpaired) electrons. The molecule has 0 bridgehead atoms. The molecule has 0 aliphatic carbocycles. The number of piperazine rings is 1. The predicted molar refractivity (Wildman–Crippen MR) is 110 cm³/mol. The molecule has 1 aromatic rings. The first-order valence-electron chi connectivity index (χ1n) is 9.05. The van der Waals surface area contributed by atoms with Crippen LogP contribution in [0.15, 0.2) is 18.2 Å². The van der Waals surface area contributed by atoms with Crippen LogP contribution in [0.2, 0.25) is 0 Å². The number of rotatable bonds is 9. The van der Waals surface area contributed by atoms with Crippen LogP contribution >= 0.6 is 24.8 Å². The molecule has 1 aromatic carbocycles. The lowest BCUT2D eigenvalue weighted by molar-refractivity contribution is 0.162. The number of benzene rings is 1. The summed E-state index contributed by atoms with van der Waals surface area (Å²) in [4.78, 5) is 2.61. The van der Waals surface area contributed by atoms with E-state index in [1.165, 1.54) is 31.2 Å². The molecule has 1 atom stereocenters. The Morgan fingerprint density at radius 2 is 1.80 bits per heavy atom. The van der Waals surface area contributed by atoms with E-state index in [2.05, 4.69) is 35.3 Å². The van der Waals surface area contributed by atoms with Gasteiger partial charge in [0.25, 0.3) is 0 Å². The largest absolute Gasteiger partial charge is 0.493 e. The monoisotopic (exact) mass is 392 g/mol. The van der Waals surface area contributed by atoms with Gasteiger partial charge in [0, 0.05) is 32.2 Å². The normalized spacial score (nSPS) is 15.6. The number of halogens is 2. The van der Waals surface area contributed by atoms with Crippen LogP contribution in [-0.2, 0) is 0 Å². The molecular weight excluding hydrogens is 359 g/mol. The van der Waals surface area contributed by atoms with Gasteiger partial charge in [-0.15, -0.1) is 24.8 Å². The summed E-state index contributed by atoms with van der Waals surface area (Å²) in [6.45, 7) is 9.34. The van der Waals surface area contributed by atoms with Gasteiger partial charge in [-0.2, -0.15) is 0 Å². The van der Waals surface area contributed by atoms with E-state index in [9.17, 15) is 0 Å². The van der Waals surface area contributed by atoms with Gasteiger partial charge in [-0.3, -0.25) is 4.90 Å². The smallest absolute Gasteiger partial charge is 0.161 e. The average Bonchev–Trinajstić information content (AvgIpc) is 2.60. The zero-order chi connectivity index (χ0) is 16.5. The van der Waals surface area contributed by atoms with Crippen molar-refractivity contribution >= 4 is 24.8 Å². The first kappa shape index (κ1) is 24.3. The van der Waals surface area contributed by atoms with E-state index in [0.29, 0.717) is 12.6 Å². The zero-order valence-corrected chi connectivity index (χ0v) is 17.4. The Morgan fingerprint density at radius 1 is 1.08 bits per heavy atom. The van der Waals surface area contributed by atoms with Crippen LogP contribution in [0.25, 0.3) is 0 Å². The van der Waals surface area contributed by atoms with Gasteiger partial charge >= 0.3 is 0 Å². The molecular formula is C19H34Cl2N2O2. The summed E-state index contributed by atoms with van der Waals surface area (Å²) in [7, 11) is 1.70. The number of nitrogens with one attached hydrogen (secondary N) is 1. The lowest BCUT2D eigenvalue weighted by Crippen LogP contribution is -2.45. The molecule has 1 fully saturated rings. The number of unbranched alkanes of at least 4 members (excludes halogenated alkanes) is 2. The average molecular weight is 393 g/mol. The minimum Gasteiger partial charge on any atom is -0.493 e. The zero-order valence-electron chi connectivity index (χ0n) is 15.8. The highest BCUT2D eigenvalue weighted by Gasteiger charge is 2.23. The van der Waals surface area contributed by atoms with Crippen LogP contribution in [0.4, 0.5) is 0 Å². The van der Waals surface area contributed by atoms with Crippen molar-refractivity contribution in [2.24, 2.45) is 0 Å². The highest BCUT2D eigenvalue weighted by atomic mass is 35.5. The second-order valence-electron chi connectivity index (χ2n) is 6.14. The Kier molecular flexibility index (Phi) is 13.1. The third-order valence-electron chi connectivity index (χ3n) is 4.55. The number of hydrogen-bond acceptors (Lipinski definition) is 4. The summed E-state index contributed by atoms with van der Waals surface area (Å²) >= 11 is 0. The van der Waals surface area contributed by atoms with E-state index in [0.717, 1.165) is 37.7 Å². The van der Waals surface area contributed by atoms with Crippen molar-refractivity contribution in [1.29, 1.82) is 0 Å². The van der Waals surface area contributed by atoms with Crippen LogP contribution in [0.5, 0.6) is 11.5 Å². The number of methoxy groups -OCH3 is 1. The van der Waals surface area contributed by atoms with Crippen molar-refractivity contribution < 1.29 is 9.47 Å². The molecule has 0 saturated carbocycles. The Balaban J connectivity index is 0.00000288. The molecule has 0 unspecified atom stereocenters. The highest BCUT2D eigenvalue weighted by Crippen LogP contribution is 2.34. The molecule has 1 heterocycles. The van der Waals surface area contributed by atoms with E-state index in [1.807, 2.05) is 6.92 Å². The van der Waals surface area contributed by atoms with E-state index in [4.69, 9.17) is 9.47 Å². The number of hydrogen-bond donors (Lipinski definition) is 1. The topological polar surface area (TPSA) is 33.7 Å². The molecule has 1 N–H and O–H groups in total. The van der Waals surface area contributed by atoms with E-state index >= 15 is 0 Å². The third-order valence-corrected chi connectivity index (χ3v) is 4.55. The second kappa shape index (κ2) is 13.5. The molecule has 1 aliphatic heterocycles. The minimum absolute atomic E-state index is 0. The molecule has 1 aliphatic rings. The van der Waals surface area contributed by atoms with Crippen molar-refractivity contribution in [1.82, 2.24) is 10.2 Å². The summed E-state index contributed by atoms with van der Waals surface area (Å²) in [5.74, 6) is 1.69. The molecule has 0 amide bonds. The molecule has 146 valence electrons. The lowest BCUT2D eigenvalue weighted by atomic mass is 9.97. The Bertz CT molecular complexity index is 469. The lowest BCUT2D eigenvalue weighted by Gasteiger charge is -2.35.